The molecule has 23 heavy (non-hydrogen) atoms. The average Bonchev–Trinajstić information content (AvgIpc) is 3.03. The first-order valence-electron chi connectivity index (χ1n) is 7.98. The molecule has 1 heterocycles. The van der Waals surface area contributed by atoms with Gasteiger partial charge in [0.15, 0.2) is 5.82 Å². The Balaban J connectivity index is 2.19. The Morgan fingerprint density at radius 3 is 2.43 bits per heavy atom. The van der Waals surface area contributed by atoms with E-state index in [4.69, 9.17) is 11.6 Å². The van der Waals surface area contributed by atoms with Crippen molar-refractivity contribution in [3.8, 4) is 0 Å². The molecule has 0 radical (unpaired) electrons. The molecular formula is C17H23ClN4O. The molecule has 6 heteroatoms. The van der Waals surface area contributed by atoms with Crippen LogP contribution in [0.4, 0.5) is 0 Å². The third kappa shape index (κ3) is 3.55. The van der Waals surface area contributed by atoms with E-state index >= 15 is 0 Å². The first-order valence-corrected chi connectivity index (χ1v) is 8.36. The standard InChI is InChI=1S/C17H23ClN4O/c1-4-17(5-2,13-7-9-14(18)10-8-13)16(23)19-11-15-21-20-12-22(15)6-3/h7-10,12H,4-6,11H2,1-3H3,(H,19,23). The second-order valence-corrected chi connectivity index (χ2v) is 5.95. The van der Waals surface area contributed by atoms with Crippen LogP contribution in [0.2, 0.25) is 5.02 Å². The summed E-state index contributed by atoms with van der Waals surface area (Å²) in [6.45, 7) is 7.24. The number of rotatable bonds is 7. The second kappa shape index (κ2) is 7.59. The van der Waals surface area contributed by atoms with Gasteiger partial charge in [0, 0.05) is 11.6 Å². The Labute approximate surface area is 142 Å². The van der Waals surface area contributed by atoms with Crippen molar-refractivity contribution in [3.63, 3.8) is 0 Å². The summed E-state index contributed by atoms with van der Waals surface area (Å²) in [7, 11) is 0. The molecule has 0 saturated carbocycles. The van der Waals surface area contributed by atoms with E-state index in [-0.39, 0.29) is 5.91 Å². The van der Waals surface area contributed by atoms with Crippen molar-refractivity contribution in [2.45, 2.75) is 52.1 Å². The minimum absolute atomic E-state index is 0.00970. The largest absolute Gasteiger partial charge is 0.348 e. The zero-order chi connectivity index (χ0) is 16.9. The van der Waals surface area contributed by atoms with Crippen LogP contribution >= 0.6 is 11.6 Å². The van der Waals surface area contributed by atoms with Gasteiger partial charge in [-0.15, -0.1) is 10.2 Å². The predicted octanol–water partition coefficient (Wildman–Crippen LogP) is 3.33. The molecule has 0 saturated heterocycles. The molecule has 0 atom stereocenters. The molecule has 0 unspecified atom stereocenters. The number of halogens is 1. The molecule has 1 aromatic carbocycles. The molecule has 0 spiro atoms. The molecule has 0 aliphatic heterocycles. The third-order valence-corrected chi connectivity index (χ3v) is 4.73. The molecule has 0 fully saturated rings. The number of benzene rings is 1. The van der Waals surface area contributed by atoms with Gasteiger partial charge in [-0.2, -0.15) is 0 Å². The van der Waals surface area contributed by atoms with Crippen LogP contribution in [0.5, 0.6) is 0 Å². The highest BCUT2D eigenvalue weighted by Gasteiger charge is 2.36. The van der Waals surface area contributed by atoms with Gasteiger partial charge in [0.1, 0.15) is 6.33 Å². The topological polar surface area (TPSA) is 59.8 Å². The zero-order valence-corrected chi connectivity index (χ0v) is 14.6. The zero-order valence-electron chi connectivity index (χ0n) is 13.8. The lowest BCUT2D eigenvalue weighted by Crippen LogP contribution is -2.43. The fraction of sp³-hybridized carbons (Fsp3) is 0.471. The second-order valence-electron chi connectivity index (χ2n) is 5.51. The van der Waals surface area contributed by atoms with Crippen LogP contribution in [0, 0.1) is 0 Å². The van der Waals surface area contributed by atoms with E-state index in [1.807, 2.05) is 49.6 Å². The Kier molecular flexibility index (Phi) is 5.77. The molecule has 1 aromatic heterocycles. The molecule has 1 N–H and O–H groups in total. The maximum Gasteiger partial charge on any atom is 0.231 e. The van der Waals surface area contributed by atoms with Crippen LogP contribution in [0.15, 0.2) is 30.6 Å². The fourth-order valence-electron chi connectivity index (χ4n) is 2.89. The molecule has 2 aromatic rings. The Morgan fingerprint density at radius 2 is 1.87 bits per heavy atom. The Morgan fingerprint density at radius 1 is 1.22 bits per heavy atom. The monoisotopic (exact) mass is 334 g/mol. The number of amides is 1. The molecule has 1 amide bonds. The van der Waals surface area contributed by atoms with E-state index in [2.05, 4.69) is 15.5 Å². The summed E-state index contributed by atoms with van der Waals surface area (Å²) in [5, 5.41) is 11.6. The Bertz CT molecular complexity index is 647. The minimum atomic E-state index is -0.554. The van der Waals surface area contributed by atoms with Gasteiger partial charge in [0.2, 0.25) is 5.91 Å². The van der Waals surface area contributed by atoms with Crippen LogP contribution in [0.3, 0.4) is 0 Å². The van der Waals surface area contributed by atoms with Crippen molar-refractivity contribution >= 4 is 17.5 Å². The molecule has 0 aliphatic carbocycles. The van der Waals surface area contributed by atoms with Crippen molar-refractivity contribution < 1.29 is 4.79 Å². The van der Waals surface area contributed by atoms with E-state index in [1.165, 1.54) is 0 Å². The third-order valence-electron chi connectivity index (χ3n) is 4.48. The van der Waals surface area contributed by atoms with Gasteiger partial charge in [-0.1, -0.05) is 37.6 Å². The highest BCUT2D eigenvalue weighted by molar-refractivity contribution is 6.30. The van der Waals surface area contributed by atoms with Crippen LogP contribution in [0.1, 0.15) is 45.0 Å². The number of aryl methyl sites for hydroxylation is 1. The smallest absolute Gasteiger partial charge is 0.231 e. The van der Waals surface area contributed by atoms with Gasteiger partial charge in [-0.25, -0.2) is 0 Å². The highest BCUT2D eigenvalue weighted by Crippen LogP contribution is 2.32. The number of hydrogen-bond acceptors (Lipinski definition) is 3. The summed E-state index contributed by atoms with van der Waals surface area (Å²) in [4.78, 5) is 12.9. The van der Waals surface area contributed by atoms with Crippen LogP contribution in [0.25, 0.3) is 0 Å². The molecule has 2 rings (SSSR count). The van der Waals surface area contributed by atoms with Gasteiger partial charge >= 0.3 is 0 Å². The first-order chi connectivity index (χ1) is 11.1. The van der Waals surface area contributed by atoms with E-state index in [0.29, 0.717) is 11.6 Å². The maximum absolute atomic E-state index is 12.9. The van der Waals surface area contributed by atoms with Crippen LogP contribution in [-0.2, 0) is 23.3 Å². The summed E-state index contributed by atoms with van der Waals surface area (Å²) >= 11 is 5.97. The number of aromatic nitrogens is 3. The lowest BCUT2D eigenvalue weighted by Gasteiger charge is -2.31. The summed E-state index contributed by atoms with van der Waals surface area (Å²) in [5.41, 5.74) is 0.433. The first kappa shape index (κ1) is 17.5. The van der Waals surface area contributed by atoms with Crippen LogP contribution in [-0.4, -0.2) is 20.7 Å². The van der Waals surface area contributed by atoms with Gasteiger partial charge in [-0.05, 0) is 37.5 Å². The van der Waals surface area contributed by atoms with Crippen molar-refractivity contribution in [1.29, 1.82) is 0 Å². The average molecular weight is 335 g/mol. The molecule has 124 valence electrons. The number of nitrogens with zero attached hydrogens (tertiary/aromatic N) is 3. The van der Waals surface area contributed by atoms with E-state index in [0.717, 1.165) is 30.8 Å². The maximum atomic E-state index is 12.9. The number of carbonyl (C=O) groups is 1. The fourth-order valence-corrected chi connectivity index (χ4v) is 3.01. The molecular weight excluding hydrogens is 312 g/mol. The van der Waals surface area contributed by atoms with Gasteiger partial charge in [-0.3, -0.25) is 4.79 Å². The van der Waals surface area contributed by atoms with Gasteiger partial charge in [0.05, 0.1) is 12.0 Å². The lowest BCUT2D eigenvalue weighted by atomic mass is 9.75. The van der Waals surface area contributed by atoms with E-state index in [9.17, 15) is 4.79 Å². The number of hydrogen-bond donors (Lipinski definition) is 1. The van der Waals surface area contributed by atoms with E-state index in [1.54, 1.807) is 6.33 Å². The summed E-state index contributed by atoms with van der Waals surface area (Å²) < 4.78 is 1.92. The van der Waals surface area contributed by atoms with Crippen LogP contribution < -0.4 is 5.32 Å². The predicted molar refractivity (Wildman–Crippen MR) is 91.3 cm³/mol. The SMILES string of the molecule is CCn1cnnc1CNC(=O)C(CC)(CC)c1ccc(Cl)cc1. The lowest BCUT2D eigenvalue weighted by molar-refractivity contribution is -0.127. The van der Waals surface area contributed by atoms with Crippen molar-refractivity contribution in [1.82, 2.24) is 20.1 Å². The van der Waals surface area contributed by atoms with Crippen molar-refractivity contribution in [3.05, 3.63) is 47.0 Å². The minimum Gasteiger partial charge on any atom is -0.348 e. The normalized spacial score (nSPS) is 11.5. The number of nitrogens with one attached hydrogen (secondary N) is 1. The molecule has 5 nitrogen and oxygen atoms in total. The molecule has 0 aliphatic rings. The number of carbonyl (C=O) groups excluding carboxylic acids is 1. The Hall–Kier alpha value is -1.88. The van der Waals surface area contributed by atoms with E-state index < -0.39 is 5.41 Å². The quantitative estimate of drug-likeness (QED) is 0.845. The van der Waals surface area contributed by atoms with Crippen molar-refractivity contribution in [2.24, 2.45) is 0 Å². The van der Waals surface area contributed by atoms with Gasteiger partial charge < -0.3 is 9.88 Å². The summed E-state index contributed by atoms with van der Waals surface area (Å²) in [6.07, 6.45) is 3.11. The highest BCUT2D eigenvalue weighted by atomic mass is 35.5. The summed E-state index contributed by atoms with van der Waals surface area (Å²) in [6, 6.07) is 7.53. The molecule has 0 bridgehead atoms. The summed E-state index contributed by atoms with van der Waals surface area (Å²) in [5.74, 6) is 0.772. The van der Waals surface area contributed by atoms with Crippen molar-refractivity contribution in [2.75, 3.05) is 0 Å². The van der Waals surface area contributed by atoms with Gasteiger partial charge in [0.25, 0.3) is 0 Å².